The Morgan fingerprint density at radius 1 is 1.29 bits per heavy atom. The molecule has 2 fully saturated rings. The second kappa shape index (κ2) is 8.01. The number of thiazole rings is 1. The summed E-state index contributed by atoms with van der Waals surface area (Å²) >= 11 is 1.42. The Bertz CT molecular complexity index is 826. The van der Waals surface area contributed by atoms with Crippen LogP contribution in [0.1, 0.15) is 35.3 Å². The van der Waals surface area contributed by atoms with E-state index in [1.54, 1.807) is 10.9 Å². The van der Waals surface area contributed by atoms with E-state index in [1.165, 1.54) is 11.3 Å². The van der Waals surface area contributed by atoms with Crippen LogP contribution in [0, 0.1) is 0 Å². The lowest BCUT2D eigenvalue weighted by atomic mass is 9.82. The van der Waals surface area contributed by atoms with Gasteiger partial charge in [-0.05, 0) is 31.9 Å². The fourth-order valence-electron chi connectivity index (χ4n) is 4.60. The summed E-state index contributed by atoms with van der Waals surface area (Å²) in [7, 11) is 2.11. The summed E-state index contributed by atoms with van der Waals surface area (Å²) < 4.78 is 0. The molecule has 0 aliphatic carbocycles. The number of aromatic nitrogens is 1. The van der Waals surface area contributed by atoms with Crippen molar-refractivity contribution in [2.75, 3.05) is 26.7 Å². The molecule has 2 saturated heterocycles. The van der Waals surface area contributed by atoms with E-state index in [9.17, 15) is 9.59 Å². The van der Waals surface area contributed by atoms with Crippen molar-refractivity contribution in [3.63, 3.8) is 0 Å². The first-order chi connectivity index (χ1) is 13.6. The Labute approximate surface area is 169 Å². The molecule has 3 heterocycles. The molecule has 1 aromatic carbocycles. The smallest absolute Gasteiger partial charge is 0.271 e. The second-order valence-electron chi connectivity index (χ2n) is 7.79. The predicted molar refractivity (Wildman–Crippen MR) is 109 cm³/mol. The maximum Gasteiger partial charge on any atom is 0.271 e. The quantitative estimate of drug-likeness (QED) is 0.857. The van der Waals surface area contributed by atoms with Crippen molar-refractivity contribution in [3.8, 4) is 0 Å². The zero-order valence-corrected chi connectivity index (χ0v) is 17.0. The van der Waals surface area contributed by atoms with Crippen molar-refractivity contribution in [1.29, 1.82) is 0 Å². The molecular formula is C21H26N4O2S. The molecule has 2 aliphatic rings. The highest BCUT2D eigenvalue weighted by Gasteiger charge is 2.50. The van der Waals surface area contributed by atoms with Gasteiger partial charge in [0.1, 0.15) is 5.69 Å². The number of hydrogen-bond acceptors (Lipinski definition) is 5. The molecule has 7 heteroatoms. The number of nitrogens with one attached hydrogen (secondary N) is 1. The minimum absolute atomic E-state index is 0.0269. The number of hydrogen-bond donors (Lipinski definition) is 1. The maximum atomic E-state index is 12.9. The van der Waals surface area contributed by atoms with Gasteiger partial charge >= 0.3 is 0 Å². The number of likely N-dealkylation sites (N-methyl/N-ethyl adjacent to an activating group) is 1. The van der Waals surface area contributed by atoms with Crippen molar-refractivity contribution in [2.45, 2.75) is 37.3 Å². The van der Waals surface area contributed by atoms with Crippen molar-refractivity contribution < 1.29 is 9.59 Å². The van der Waals surface area contributed by atoms with E-state index in [-0.39, 0.29) is 23.4 Å². The van der Waals surface area contributed by atoms with Crippen LogP contribution in [0.2, 0.25) is 0 Å². The second-order valence-corrected chi connectivity index (χ2v) is 8.51. The first kappa shape index (κ1) is 19.1. The summed E-state index contributed by atoms with van der Waals surface area (Å²) in [5.41, 5.74) is 2.99. The zero-order valence-electron chi connectivity index (χ0n) is 16.1. The molecular weight excluding hydrogens is 372 g/mol. The number of carbonyl (C=O) groups is 2. The van der Waals surface area contributed by atoms with E-state index in [2.05, 4.69) is 22.2 Å². The van der Waals surface area contributed by atoms with Crippen LogP contribution in [0.15, 0.2) is 41.2 Å². The third-order valence-electron chi connectivity index (χ3n) is 6.19. The van der Waals surface area contributed by atoms with Gasteiger partial charge < -0.3 is 10.2 Å². The first-order valence-corrected chi connectivity index (χ1v) is 10.7. The van der Waals surface area contributed by atoms with E-state index in [0.29, 0.717) is 18.7 Å². The molecule has 1 aromatic heterocycles. The van der Waals surface area contributed by atoms with Crippen LogP contribution in [0.5, 0.6) is 0 Å². The third-order valence-corrected chi connectivity index (χ3v) is 6.77. The van der Waals surface area contributed by atoms with Gasteiger partial charge in [0.15, 0.2) is 0 Å². The molecule has 0 bridgehead atoms. The van der Waals surface area contributed by atoms with E-state index in [0.717, 1.165) is 37.9 Å². The molecule has 28 heavy (non-hydrogen) atoms. The highest BCUT2D eigenvalue weighted by atomic mass is 32.1. The Morgan fingerprint density at radius 2 is 2.11 bits per heavy atom. The molecule has 2 unspecified atom stereocenters. The van der Waals surface area contributed by atoms with E-state index in [1.807, 2.05) is 35.2 Å². The van der Waals surface area contributed by atoms with Crippen LogP contribution in [0.25, 0.3) is 0 Å². The minimum Gasteiger partial charge on any atom is -0.346 e. The number of carbonyl (C=O) groups excluding carboxylic acids is 2. The summed E-state index contributed by atoms with van der Waals surface area (Å²) in [5.74, 6) is 0.0452. The average molecular weight is 399 g/mol. The lowest BCUT2D eigenvalue weighted by molar-refractivity contribution is -0.134. The molecule has 0 saturated carbocycles. The maximum absolute atomic E-state index is 12.9. The SMILES string of the molecule is CN1CCC(NC(=O)c2cscn2)C12CCCN(C(=O)Cc1ccccc1)C2. The van der Waals surface area contributed by atoms with Crippen molar-refractivity contribution in [2.24, 2.45) is 0 Å². The number of amides is 2. The molecule has 2 amide bonds. The summed E-state index contributed by atoms with van der Waals surface area (Å²) in [6.45, 7) is 2.37. The molecule has 2 aliphatic heterocycles. The van der Waals surface area contributed by atoms with Gasteiger partial charge in [-0.2, -0.15) is 0 Å². The molecule has 1 N–H and O–H groups in total. The average Bonchev–Trinajstić information content (AvgIpc) is 3.34. The number of nitrogens with zero attached hydrogens (tertiary/aromatic N) is 3. The summed E-state index contributed by atoms with van der Waals surface area (Å²) in [6, 6.07) is 9.92. The van der Waals surface area contributed by atoms with Gasteiger partial charge in [0, 0.05) is 25.0 Å². The molecule has 6 nitrogen and oxygen atoms in total. The molecule has 2 aromatic rings. The van der Waals surface area contributed by atoms with Gasteiger partial charge in [-0.1, -0.05) is 30.3 Å². The Balaban J connectivity index is 1.48. The normalized spacial score (nSPS) is 25.2. The summed E-state index contributed by atoms with van der Waals surface area (Å²) in [6.07, 6.45) is 3.26. The highest BCUT2D eigenvalue weighted by Crippen LogP contribution is 2.36. The largest absolute Gasteiger partial charge is 0.346 e. The fraction of sp³-hybridized carbons (Fsp3) is 0.476. The van der Waals surface area contributed by atoms with Gasteiger partial charge in [-0.3, -0.25) is 14.5 Å². The van der Waals surface area contributed by atoms with Crippen LogP contribution in [-0.4, -0.2) is 64.9 Å². The predicted octanol–water partition coefficient (Wildman–Crippen LogP) is 2.18. The van der Waals surface area contributed by atoms with Gasteiger partial charge in [0.05, 0.1) is 23.5 Å². The Morgan fingerprint density at radius 3 is 2.86 bits per heavy atom. The van der Waals surface area contributed by atoms with Gasteiger partial charge in [-0.15, -0.1) is 11.3 Å². The lowest BCUT2D eigenvalue weighted by Crippen LogP contribution is -2.64. The topological polar surface area (TPSA) is 65.5 Å². The van der Waals surface area contributed by atoms with Crippen LogP contribution < -0.4 is 5.32 Å². The Kier molecular flexibility index (Phi) is 5.46. The standard InChI is InChI=1S/C21H26N4O2S/c1-24-11-8-18(23-20(27)17-13-28-15-22-17)21(24)9-5-10-25(14-21)19(26)12-16-6-3-2-4-7-16/h2-4,6-7,13,15,18H,5,8-12,14H2,1H3,(H,23,27). The van der Waals surface area contributed by atoms with E-state index < -0.39 is 0 Å². The van der Waals surface area contributed by atoms with Crippen LogP contribution in [0.4, 0.5) is 0 Å². The number of likely N-dealkylation sites (tertiary alicyclic amines) is 2. The fourth-order valence-corrected chi connectivity index (χ4v) is 5.13. The van der Waals surface area contributed by atoms with Crippen molar-refractivity contribution in [1.82, 2.24) is 20.1 Å². The highest BCUT2D eigenvalue weighted by molar-refractivity contribution is 7.07. The third kappa shape index (κ3) is 3.69. The molecule has 1 spiro atoms. The number of benzene rings is 1. The molecule has 148 valence electrons. The minimum atomic E-state index is -0.198. The van der Waals surface area contributed by atoms with Gasteiger partial charge in [0.2, 0.25) is 5.91 Å². The molecule has 2 atom stereocenters. The molecule has 4 rings (SSSR count). The monoisotopic (exact) mass is 398 g/mol. The van der Waals surface area contributed by atoms with Crippen LogP contribution in [-0.2, 0) is 11.2 Å². The number of rotatable bonds is 4. The van der Waals surface area contributed by atoms with E-state index >= 15 is 0 Å². The zero-order chi connectivity index (χ0) is 19.6. The van der Waals surface area contributed by atoms with Crippen molar-refractivity contribution in [3.05, 3.63) is 52.5 Å². The lowest BCUT2D eigenvalue weighted by Gasteiger charge is -2.47. The van der Waals surface area contributed by atoms with Crippen LogP contribution in [0.3, 0.4) is 0 Å². The number of piperidine rings is 1. The summed E-state index contributed by atoms with van der Waals surface area (Å²) in [5, 5.41) is 4.98. The molecule has 0 radical (unpaired) electrons. The van der Waals surface area contributed by atoms with Crippen molar-refractivity contribution >= 4 is 23.2 Å². The van der Waals surface area contributed by atoms with Gasteiger partial charge in [-0.25, -0.2) is 4.98 Å². The Hall–Kier alpha value is -2.25. The van der Waals surface area contributed by atoms with Crippen LogP contribution >= 0.6 is 11.3 Å². The van der Waals surface area contributed by atoms with Gasteiger partial charge in [0.25, 0.3) is 5.91 Å². The summed E-state index contributed by atoms with van der Waals surface area (Å²) in [4.78, 5) is 34.0. The van der Waals surface area contributed by atoms with E-state index in [4.69, 9.17) is 0 Å². The first-order valence-electron chi connectivity index (χ1n) is 9.80.